The molecule has 0 fully saturated rings. The lowest BCUT2D eigenvalue weighted by atomic mass is 10.4. The van der Waals surface area contributed by atoms with E-state index in [-0.39, 0.29) is 19.5 Å². The van der Waals surface area contributed by atoms with Crippen molar-refractivity contribution >= 4 is 16.2 Å². The van der Waals surface area contributed by atoms with Crippen molar-refractivity contribution in [2.24, 2.45) is 0 Å². The van der Waals surface area contributed by atoms with Crippen LogP contribution in [0.1, 0.15) is 12.8 Å². The van der Waals surface area contributed by atoms with E-state index in [9.17, 15) is 13.2 Å². The van der Waals surface area contributed by atoms with Gasteiger partial charge in [-0.05, 0) is 6.42 Å². The third-order valence-corrected chi connectivity index (χ3v) is 3.26. The second-order valence-electron chi connectivity index (χ2n) is 2.94. The summed E-state index contributed by atoms with van der Waals surface area (Å²) in [6, 6.07) is 0. The van der Waals surface area contributed by atoms with Gasteiger partial charge in [-0.3, -0.25) is 4.79 Å². The van der Waals surface area contributed by atoms with Crippen LogP contribution in [0, 0.1) is 0 Å². The first kappa shape index (κ1) is 14.1. The number of aliphatic carboxylic acids is 1. The summed E-state index contributed by atoms with van der Waals surface area (Å²) in [4.78, 5) is 10.2. The number of carbonyl (C=O) groups is 1. The molecule has 6 nitrogen and oxygen atoms in total. The van der Waals surface area contributed by atoms with Crippen molar-refractivity contribution in [1.29, 1.82) is 0 Å². The van der Waals surface area contributed by atoms with Gasteiger partial charge in [0.2, 0.25) is 0 Å². The molecule has 0 aromatic heterocycles. The Bertz CT molecular complexity index is 313. The maximum atomic E-state index is 11.4. The molecule has 2 N–H and O–H groups in total. The standard InChI is InChI=1S/C8H16N2O4S/c1-3-4-6-9-15(13,14)10(2)7-5-8(11)12/h3,9H,1,4-7H2,2H3,(H,11,12). The maximum Gasteiger partial charge on any atom is 0.304 e. The van der Waals surface area contributed by atoms with E-state index < -0.39 is 16.2 Å². The molecule has 0 heterocycles. The first-order chi connectivity index (χ1) is 6.90. The fourth-order valence-corrected chi connectivity index (χ4v) is 1.70. The van der Waals surface area contributed by atoms with Gasteiger partial charge in [-0.15, -0.1) is 6.58 Å². The molecule has 15 heavy (non-hydrogen) atoms. The smallest absolute Gasteiger partial charge is 0.304 e. The summed E-state index contributed by atoms with van der Waals surface area (Å²) in [6.45, 7) is 3.68. The zero-order valence-electron chi connectivity index (χ0n) is 8.64. The lowest BCUT2D eigenvalue weighted by Gasteiger charge is -2.16. The molecule has 0 bridgehead atoms. The number of nitrogens with zero attached hydrogens (tertiary/aromatic N) is 1. The van der Waals surface area contributed by atoms with E-state index in [0.717, 1.165) is 4.31 Å². The van der Waals surface area contributed by atoms with Gasteiger partial charge in [-0.25, -0.2) is 4.72 Å². The highest BCUT2D eigenvalue weighted by atomic mass is 32.2. The quantitative estimate of drug-likeness (QED) is 0.451. The van der Waals surface area contributed by atoms with Crippen molar-refractivity contribution in [3.8, 4) is 0 Å². The number of nitrogens with one attached hydrogen (secondary N) is 1. The fraction of sp³-hybridized carbons (Fsp3) is 0.625. The molecule has 0 amide bonds. The van der Waals surface area contributed by atoms with E-state index >= 15 is 0 Å². The Balaban J connectivity index is 4.08. The van der Waals surface area contributed by atoms with Gasteiger partial charge >= 0.3 is 5.97 Å². The van der Waals surface area contributed by atoms with E-state index in [2.05, 4.69) is 11.3 Å². The van der Waals surface area contributed by atoms with Crippen LogP contribution in [0.3, 0.4) is 0 Å². The molecule has 88 valence electrons. The lowest BCUT2D eigenvalue weighted by Crippen LogP contribution is -2.39. The molecule has 7 heteroatoms. The van der Waals surface area contributed by atoms with Crippen LogP contribution in [-0.4, -0.2) is 43.9 Å². The molecule has 0 aliphatic carbocycles. The van der Waals surface area contributed by atoms with Crippen molar-refractivity contribution in [2.45, 2.75) is 12.8 Å². The number of rotatable bonds is 8. The average molecular weight is 236 g/mol. The minimum atomic E-state index is -3.56. The van der Waals surface area contributed by atoms with Gasteiger partial charge in [0, 0.05) is 20.1 Å². The molecule has 0 saturated carbocycles. The van der Waals surface area contributed by atoms with Crippen LogP contribution in [0.5, 0.6) is 0 Å². The zero-order valence-corrected chi connectivity index (χ0v) is 9.46. The molecule has 0 aromatic rings. The summed E-state index contributed by atoms with van der Waals surface area (Å²) in [5.74, 6) is -1.02. The molecular weight excluding hydrogens is 220 g/mol. The second kappa shape index (κ2) is 6.54. The molecule has 0 atom stereocenters. The molecule has 0 aliphatic heterocycles. The highest BCUT2D eigenvalue weighted by Crippen LogP contribution is 1.96. The Morgan fingerprint density at radius 1 is 1.60 bits per heavy atom. The third kappa shape index (κ3) is 6.21. The van der Waals surface area contributed by atoms with Crippen LogP contribution in [0.25, 0.3) is 0 Å². The van der Waals surface area contributed by atoms with Gasteiger partial charge in [0.25, 0.3) is 10.2 Å². The zero-order chi connectivity index (χ0) is 11.9. The predicted molar refractivity (Wildman–Crippen MR) is 56.6 cm³/mol. The predicted octanol–water partition coefficient (Wildman–Crippen LogP) is -0.197. The summed E-state index contributed by atoms with van der Waals surface area (Å²) in [5.41, 5.74) is 0. The highest BCUT2D eigenvalue weighted by Gasteiger charge is 2.16. The lowest BCUT2D eigenvalue weighted by molar-refractivity contribution is -0.137. The van der Waals surface area contributed by atoms with Crippen LogP contribution in [0.15, 0.2) is 12.7 Å². The molecule has 0 aliphatic rings. The Hall–Kier alpha value is -0.920. The first-order valence-electron chi connectivity index (χ1n) is 4.43. The number of carboxylic acid groups (broad SMARTS) is 1. The SMILES string of the molecule is C=CCCNS(=O)(=O)N(C)CCC(=O)O. The molecular formula is C8H16N2O4S. The Kier molecular flexibility index (Phi) is 6.14. The largest absolute Gasteiger partial charge is 0.481 e. The van der Waals surface area contributed by atoms with Crippen molar-refractivity contribution in [3.05, 3.63) is 12.7 Å². The van der Waals surface area contributed by atoms with E-state index in [1.165, 1.54) is 7.05 Å². The van der Waals surface area contributed by atoms with Crippen LogP contribution in [0.2, 0.25) is 0 Å². The van der Waals surface area contributed by atoms with Crippen LogP contribution >= 0.6 is 0 Å². The van der Waals surface area contributed by atoms with E-state index in [1.807, 2.05) is 0 Å². The van der Waals surface area contributed by atoms with E-state index in [4.69, 9.17) is 5.11 Å². The second-order valence-corrected chi connectivity index (χ2v) is 4.80. The van der Waals surface area contributed by atoms with Crippen LogP contribution in [-0.2, 0) is 15.0 Å². The van der Waals surface area contributed by atoms with E-state index in [1.54, 1.807) is 6.08 Å². The number of hydrogen-bond acceptors (Lipinski definition) is 3. The van der Waals surface area contributed by atoms with Crippen molar-refractivity contribution in [2.75, 3.05) is 20.1 Å². The van der Waals surface area contributed by atoms with Crippen molar-refractivity contribution < 1.29 is 18.3 Å². The molecule has 0 spiro atoms. The topological polar surface area (TPSA) is 86.7 Å². The molecule has 0 unspecified atom stereocenters. The van der Waals surface area contributed by atoms with Crippen molar-refractivity contribution in [1.82, 2.24) is 9.03 Å². The summed E-state index contributed by atoms with van der Waals surface area (Å²) in [7, 11) is -2.22. The van der Waals surface area contributed by atoms with Gasteiger partial charge < -0.3 is 5.11 Å². The highest BCUT2D eigenvalue weighted by molar-refractivity contribution is 7.87. The maximum absolute atomic E-state index is 11.4. The summed E-state index contributed by atoms with van der Waals surface area (Å²) in [5, 5.41) is 8.39. The normalized spacial score (nSPS) is 11.6. The van der Waals surface area contributed by atoms with Gasteiger partial charge in [0.05, 0.1) is 6.42 Å². The average Bonchev–Trinajstić information content (AvgIpc) is 2.14. The molecule has 0 saturated heterocycles. The minimum Gasteiger partial charge on any atom is -0.481 e. The first-order valence-corrected chi connectivity index (χ1v) is 5.87. The minimum absolute atomic E-state index is 0.0429. The van der Waals surface area contributed by atoms with Crippen LogP contribution in [0.4, 0.5) is 0 Å². The molecule has 0 radical (unpaired) electrons. The summed E-state index contributed by atoms with van der Waals surface area (Å²) < 4.78 is 26.1. The number of carboxylic acids is 1. The Morgan fingerprint density at radius 2 is 2.20 bits per heavy atom. The van der Waals surface area contributed by atoms with Gasteiger partial charge in [0.15, 0.2) is 0 Å². The number of hydrogen-bond donors (Lipinski definition) is 2. The van der Waals surface area contributed by atoms with Gasteiger partial charge in [0.1, 0.15) is 0 Å². The Morgan fingerprint density at radius 3 is 2.67 bits per heavy atom. The van der Waals surface area contributed by atoms with Gasteiger partial charge in [-0.2, -0.15) is 12.7 Å². The molecule has 0 rings (SSSR count). The van der Waals surface area contributed by atoms with E-state index in [0.29, 0.717) is 6.42 Å². The third-order valence-electron chi connectivity index (χ3n) is 1.68. The Labute approximate surface area is 89.8 Å². The summed E-state index contributed by atoms with van der Waals surface area (Å²) in [6.07, 6.45) is 1.92. The van der Waals surface area contributed by atoms with Crippen molar-refractivity contribution in [3.63, 3.8) is 0 Å². The monoisotopic (exact) mass is 236 g/mol. The van der Waals surface area contributed by atoms with Gasteiger partial charge in [-0.1, -0.05) is 6.08 Å². The fourth-order valence-electron chi connectivity index (χ4n) is 0.773. The summed E-state index contributed by atoms with van der Waals surface area (Å²) >= 11 is 0. The van der Waals surface area contributed by atoms with Crippen LogP contribution < -0.4 is 4.72 Å². The molecule has 0 aromatic carbocycles.